The molecule has 0 bridgehead atoms. The third-order valence-corrected chi connectivity index (χ3v) is 5.36. The van der Waals surface area contributed by atoms with Crippen LogP contribution in [0.25, 0.3) is 9.88 Å². The predicted octanol–water partition coefficient (Wildman–Crippen LogP) is 3.21. The summed E-state index contributed by atoms with van der Waals surface area (Å²) < 4.78 is 0. The number of amides is 1. The zero-order valence-corrected chi connectivity index (χ0v) is 15.2. The van der Waals surface area contributed by atoms with Gasteiger partial charge in [-0.25, -0.2) is 4.98 Å². The van der Waals surface area contributed by atoms with Crippen LogP contribution in [0.2, 0.25) is 0 Å². The first kappa shape index (κ1) is 19.4. The minimum Gasteiger partial charge on any atom is -0.341 e. The summed E-state index contributed by atoms with van der Waals surface area (Å²) in [6.07, 6.45) is 2.40. The van der Waals surface area contributed by atoms with Crippen LogP contribution < -0.4 is 5.73 Å². The highest BCUT2D eigenvalue weighted by molar-refractivity contribution is 7.20. The van der Waals surface area contributed by atoms with Crippen LogP contribution in [-0.2, 0) is 11.2 Å². The zero-order chi connectivity index (χ0) is 13.9. The van der Waals surface area contributed by atoms with Crippen molar-refractivity contribution in [3.05, 3.63) is 28.6 Å². The van der Waals surface area contributed by atoms with Crippen molar-refractivity contribution in [2.45, 2.75) is 25.3 Å². The molecule has 4 nitrogen and oxygen atoms in total. The van der Waals surface area contributed by atoms with E-state index >= 15 is 0 Å². The molecule has 0 aliphatic carbocycles. The molecule has 2 N–H and O–H groups in total. The number of nitrogens with two attached hydrogens (primary N) is 1. The van der Waals surface area contributed by atoms with Gasteiger partial charge in [0.05, 0.1) is 17.0 Å². The van der Waals surface area contributed by atoms with Crippen LogP contribution in [0.4, 0.5) is 0 Å². The van der Waals surface area contributed by atoms with Crippen LogP contribution in [-0.4, -0.2) is 34.9 Å². The largest absolute Gasteiger partial charge is 0.341 e. The number of rotatable bonds is 3. The van der Waals surface area contributed by atoms with E-state index in [9.17, 15) is 4.79 Å². The van der Waals surface area contributed by atoms with Crippen molar-refractivity contribution in [2.24, 2.45) is 5.73 Å². The number of thiazole rings is 1. The topological polar surface area (TPSA) is 59.2 Å². The summed E-state index contributed by atoms with van der Waals surface area (Å²) in [7, 11) is 0. The average Bonchev–Trinajstić information content (AvgIpc) is 3.08. The first-order valence-corrected chi connectivity index (χ1v) is 8.50. The van der Waals surface area contributed by atoms with E-state index in [2.05, 4.69) is 11.1 Å². The monoisotopic (exact) mass is 379 g/mol. The minimum absolute atomic E-state index is 0. The molecule has 1 aliphatic rings. The fourth-order valence-corrected chi connectivity index (χ4v) is 4.04. The highest BCUT2D eigenvalue weighted by atomic mass is 35.5. The van der Waals surface area contributed by atoms with Gasteiger partial charge in [-0.05, 0) is 24.3 Å². The van der Waals surface area contributed by atoms with Crippen LogP contribution in [0.1, 0.15) is 18.5 Å². The van der Waals surface area contributed by atoms with Gasteiger partial charge in [-0.3, -0.25) is 4.79 Å². The first-order valence-electron chi connectivity index (χ1n) is 6.74. The molecule has 22 heavy (non-hydrogen) atoms. The number of hydrogen-bond acceptors (Lipinski definition) is 5. The van der Waals surface area contributed by atoms with Crippen molar-refractivity contribution in [2.75, 3.05) is 13.1 Å². The smallest absolute Gasteiger partial charge is 0.228 e. The Kier molecular flexibility index (Phi) is 7.79. The number of aromatic nitrogens is 1. The molecule has 1 aliphatic heterocycles. The summed E-state index contributed by atoms with van der Waals surface area (Å²) in [5.74, 6) is 0.142. The minimum atomic E-state index is 0. The van der Waals surface area contributed by atoms with Gasteiger partial charge in [-0.1, -0.05) is 6.07 Å². The second-order valence-electron chi connectivity index (χ2n) is 5.04. The molecule has 1 atom stereocenters. The van der Waals surface area contributed by atoms with Gasteiger partial charge in [-0.15, -0.1) is 47.5 Å². The molecule has 1 fully saturated rings. The van der Waals surface area contributed by atoms with Crippen molar-refractivity contribution in [3.8, 4) is 9.88 Å². The Bertz CT molecular complexity index is 589. The molecule has 3 rings (SSSR count). The number of piperidine rings is 1. The molecule has 0 saturated carbocycles. The number of carbonyl (C=O) groups is 1. The maximum atomic E-state index is 12.2. The van der Waals surface area contributed by atoms with Crippen LogP contribution in [0.3, 0.4) is 0 Å². The van der Waals surface area contributed by atoms with E-state index < -0.39 is 0 Å². The van der Waals surface area contributed by atoms with Crippen LogP contribution >= 0.6 is 47.5 Å². The lowest BCUT2D eigenvalue weighted by Crippen LogP contribution is -2.46. The van der Waals surface area contributed by atoms with Crippen molar-refractivity contribution in [1.29, 1.82) is 0 Å². The lowest BCUT2D eigenvalue weighted by molar-refractivity contribution is -0.131. The standard InChI is InChI=1S/C14H17N3OS2.2ClH/c15-10-3-1-5-17(8-10)13(18)7-11-9-20-14(16-11)12-4-2-6-19-12;;/h2,4,6,9-10H,1,3,5,7-8,15H2;2*1H. The second kappa shape index (κ2) is 8.84. The Labute approximate surface area is 150 Å². The van der Waals surface area contributed by atoms with Crippen LogP contribution in [0.5, 0.6) is 0 Å². The average molecular weight is 380 g/mol. The normalized spacial score (nSPS) is 17.5. The molecule has 1 unspecified atom stereocenters. The Morgan fingerprint density at radius 1 is 1.41 bits per heavy atom. The maximum Gasteiger partial charge on any atom is 0.228 e. The molecule has 1 amide bonds. The Balaban J connectivity index is 0.00000121. The van der Waals surface area contributed by atoms with Gasteiger partial charge >= 0.3 is 0 Å². The summed E-state index contributed by atoms with van der Waals surface area (Å²) in [6, 6.07) is 4.20. The molecular formula is C14H19Cl2N3OS2. The van der Waals surface area contributed by atoms with Crippen molar-refractivity contribution < 1.29 is 4.79 Å². The van der Waals surface area contributed by atoms with E-state index in [0.717, 1.165) is 35.0 Å². The highest BCUT2D eigenvalue weighted by Gasteiger charge is 2.22. The lowest BCUT2D eigenvalue weighted by atomic mass is 10.1. The zero-order valence-electron chi connectivity index (χ0n) is 11.9. The molecule has 8 heteroatoms. The van der Waals surface area contributed by atoms with E-state index in [4.69, 9.17) is 5.73 Å². The first-order chi connectivity index (χ1) is 9.72. The van der Waals surface area contributed by atoms with Gasteiger partial charge in [0.1, 0.15) is 5.01 Å². The number of hydrogen-bond donors (Lipinski definition) is 1. The van der Waals surface area contributed by atoms with Gasteiger partial charge < -0.3 is 10.6 Å². The summed E-state index contributed by atoms with van der Waals surface area (Å²) in [6.45, 7) is 1.51. The van der Waals surface area contributed by atoms with Gasteiger partial charge in [0.2, 0.25) is 5.91 Å². The summed E-state index contributed by atoms with van der Waals surface area (Å²) in [4.78, 5) is 19.8. The van der Waals surface area contributed by atoms with Gasteiger partial charge in [0.15, 0.2) is 0 Å². The maximum absolute atomic E-state index is 12.2. The van der Waals surface area contributed by atoms with Crippen molar-refractivity contribution in [1.82, 2.24) is 9.88 Å². The number of carbonyl (C=O) groups excluding carboxylic acids is 1. The fraction of sp³-hybridized carbons (Fsp3) is 0.429. The molecule has 3 heterocycles. The molecule has 0 aromatic carbocycles. The van der Waals surface area contributed by atoms with E-state index in [1.807, 2.05) is 21.7 Å². The highest BCUT2D eigenvalue weighted by Crippen LogP contribution is 2.28. The van der Waals surface area contributed by atoms with Gasteiger partial charge in [0.25, 0.3) is 0 Å². The molecule has 1 saturated heterocycles. The number of likely N-dealkylation sites (tertiary alicyclic amines) is 1. The van der Waals surface area contributed by atoms with Gasteiger partial charge in [-0.2, -0.15) is 0 Å². The Morgan fingerprint density at radius 3 is 2.91 bits per heavy atom. The van der Waals surface area contributed by atoms with Crippen LogP contribution in [0, 0.1) is 0 Å². The molecule has 122 valence electrons. The van der Waals surface area contributed by atoms with E-state index in [-0.39, 0.29) is 36.8 Å². The number of halogens is 2. The molecular weight excluding hydrogens is 361 g/mol. The van der Waals surface area contributed by atoms with E-state index in [1.165, 1.54) is 0 Å². The SMILES string of the molecule is Cl.Cl.NC1CCCN(C(=O)Cc2csc(-c3cccs3)n2)C1. The fourth-order valence-electron chi connectivity index (χ4n) is 2.40. The number of nitrogens with zero attached hydrogens (tertiary/aromatic N) is 2. The molecule has 0 spiro atoms. The lowest BCUT2D eigenvalue weighted by Gasteiger charge is -2.30. The second-order valence-corrected chi connectivity index (χ2v) is 6.85. The predicted molar refractivity (Wildman–Crippen MR) is 97.4 cm³/mol. The Morgan fingerprint density at radius 2 is 2.23 bits per heavy atom. The molecule has 2 aromatic rings. The molecule has 2 aromatic heterocycles. The Hall–Kier alpha value is -0.660. The molecule has 0 radical (unpaired) electrons. The van der Waals surface area contributed by atoms with E-state index in [0.29, 0.717) is 13.0 Å². The van der Waals surface area contributed by atoms with Crippen LogP contribution in [0.15, 0.2) is 22.9 Å². The quantitative estimate of drug-likeness (QED) is 0.890. The third-order valence-electron chi connectivity index (χ3n) is 3.43. The van der Waals surface area contributed by atoms with Crippen molar-refractivity contribution >= 4 is 53.4 Å². The summed E-state index contributed by atoms with van der Waals surface area (Å²) in [5.41, 5.74) is 6.78. The number of thiophene rings is 1. The summed E-state index contributed by atoms with van der Waals surface area (Å²) in [5, 5.41) is 5.02. The van der Waals surface area contributed by atoms with Gasteiger partial charge in [0, 0.05) is 24.5 Å². The summed E-state index contributed by atoms with van der Waals surface area (Å²) >= 11 is 3.27. The van der Waals surface area contributed by atoms with E-state index in [1.54, 1.807) is 22.7 Å². The third kappa shape index (κ3) is 4.67. The van der Waals surface area contributed by atoms with Crippen molar-refractivity contribution in [3.63, 3.8) is 0 Å².